The Labute approximate surface area is 137 Å². The number of piperazine rings is 1. The smallest absolute Gasteiger partial charge is 0.101 e. The number of aliphatic hydroxyl groups excluding tert-OH is 1. The van der Waals surface area contributed by atoms with Crippen LogP contribution in [0.25, 0.3) is 0 Å². The number of benzene rings is 2. The maximum absolute atomic E-state index is 9.23. The molecule has 0 amide bonds. The van der Waals surface area contributed by atoms with Gasteiger partial charge in [0.25, 0.3) is 0 Å². The van der Waals surface area contributed by atoms with Crippen molar-refractivity contribution in [2.45, 2.75) is 13.2 Å². The van der Waals surface area contributed by atoms with Crippen LogP contribution in [-0.2, 0) is 13.2 Å². The number of hydrogen-bond donors (Lipinski definition) is 1. The van der Waals surface area contributed by atoms with Gasteiger partial charge in [0.1, 0.15) is 6.07 Å². The van der Waals surface area contributed by atoms with Crippen LogP contribution in [-0.4, -0.2) is 36.2 Å². The number of anilines is 1. The molecule has 1 N–H and O–H groups in total. The zero-order valence-corrected chi connectivity index (χ0v) is 13.2. The molecule has 1 heterocycles. The van der Waals surface area contributed by atoms with Gasteiger partial charge in [0.05, 0.1) is 17.9 Å². The predicted octanol–water partition coefficient (Wildman–Crippen LogP) is 2.37. The van der Waals surface area contributed by atoms with Gasteiger partial charge in [-0.2, -0.15) is 5.26 Å². The van der Waals surface area contributed by atoms with Crippen molar-refractivity contribution in [1.82, 2.24) is 4.90 Å². The number of aliphatic hydroxyl groups is 1. The minimum absolute atomic E-state index is 0.0945. The second-order valence-corrected chi connectivity index (χ2v) is 5.87. The first-order valence-electron chi connectivity index (χ1n) is 7.95. The fraction of sp³-hybridized carbons (Fsp3) is 0.316. The molecule has 0 unspecified atom stereocenters. The summed E-state index contributed by atoms with van der Waals surface area (Å²) < 4.78 is 0. The first-order chi connectivity index (χ1) is 11.3. The summed E-state index contributed by atoms with van der Waals surface area (Å²) in [5.41, 5.74) is 4.02. The molecule has 1 fully saturated rings. The van der Waals surface area contributed by atoms with Crippen LogP contribution in [0.4, 0.5) is 5.69 Å². The molecule has 0 atom stereocenters. The number of para-hydroxylation sites is 1. The summed E-state index contributed by atoms with van der Waals surface area (Å²) in [6.07, 6.45) is 0. The van der Waals surface area contributed by atoms with Crippen molar-refractivity contribution < 1.29 is 5.11 Å². The lowest BCUT2D eigenvalue weighted by Crippen LogP contribution is -2.46. The topological polar surface area (TPSA) is 50.5 Å². The van der Waals surface area contributed by atoms with Crippen LogP contribution >= 0.6 is 0 Å². The molecule has 2 aromatic carbocycles. The molecule has 23 heavy (non-hydrogen) atoms. The Kier molecular flexibility index (Phi) is 4.92. The summed E-state index contributed by atoms with van der Waals surface area (Å²) in [7, 11) is 0. The van der Waals surface area contributed by atoms with Gasteiger partial charge >= 0.3 is 0 Å². The monoisotopic (exact) mass is 307 g/mol. The van der Waals surface area contributed by atoms with E-state index in [-0.39, 0.29) is 6.61 Å². The maximum atomic E-state index is 9.23. The van der Waals surface area contributed by atoms with Crippen LogP contribution in [0.15, 0.2) is 48.5 Å². The number of nitriles is 1. The largest absolute Gasteiger partial charge is 0.392 e. The van der Waals surface area contributed by atoms with E-state index in [4.69, 9.17) is 5.11 Å². The predicted molar refractivity (Wildman–Crippen MR) is 91.0 cm³/mol. The SMILES string of the molecule is N#Cc1ccccc1N1CCN(Cc2ccc(CO)cc2)CC1. The fourth-order valence-electron chi connectivity index (χ4n) is 3.00. The van der Waals surface area contributed by atoms with Crippen LogP contribution in [0.2, 0.25) is 0 Å². The minimum atomic E-state index is 0.0945. The third kappa shape index (κ3) is 3.70. The third-order valence-corrected chi connectivity index (χ3v) is 4.35. The molecule has 0 saturated carbocycles. The van der Waals surface area contributed by atoms with Gasteiger partial charge in [0.15, 0.2) is 0 Å². The van der Waals surface area contributed by atoms with Gasteiger partial charge in [-0.15, -0.1) is 0 Å². The van der Waals surface area contributed by atoms with Crippen LogP contribution in [0.5, 0.6) is 0 Å². The molecule has 2 aromatic rings. The van der Waals surface area contributed by atoms with Crippen LogP contribution in [0.3, 0.4) is 0 Å². The van der Waals surface area contributed by atoms with Gasteiger partial charge in [-0.05, 0) is 23.3 Å². The maximum Gasteiger partial charge on any atom is 0.101 e. The van der Waals surface area contributed by atoms with E-state index in [2.05, 4.69) is 28.0 Å². The Balaban J connectivity index is 1.59. The highest BCUT2D eigenvalue weighted by atomic mass is 16.3. The molecule has 0 bridgehead atoms. The average molecular weight is 307 g/mol. The number of rotatable bonds is 4. The Hall–Kier alpha value is -2.35. The van der Waals surface area contributed by atoms with E-state index in [9.17, 15) is 5.26 Å². The molecular formula is C19H21N3O. The van der Waals surface area contributed by atoms with E-state index in [0.717, 1.165) is 49.5 Å². The zero-order chi connectivity index (χ0) is 16.1. The summed E-state index contributed by atoms with van der Waals surface area (Å²) in [6.45, 7) is 4.88. The summed E-state index contributed by atoms with van der Waals surface area (Å²) in [5.74, 6) is 0. The number of nitrogens with zero attached hydrogens (tertiary/aromatic N) is 3. The van der Waals surface area contributed by atoms with Crippen LogP contribution < -0.4 is 4.90 Å². The molecule has 4 nitrogen and oxygen atoms in total. The molecule has 3 rings (SSSR count). The second kappa shape index (κ2) is 7.28. The van der Waals surface area contributed by atoms with Gasteiger partial charge in [0, 0.05) is 32.7 Å². The van der Waals surface area contributed by atoms with E-state index >= 15 is 0 Å². The average Bonchev–Trinajstić information content (AvgIpc) is 2.63. The Morgan fingerprint density at radius 3 is 2.22 bits per heavy atom. The lowest BCUT2D eigenvalue weighted by Gasteiger charge is -2.36. The van der Waals surface area contributed by atoms with E-state index in [0.29, 0.717) is 0 Å². The summed E-state index contributed by atoms with van der Waals surface area (Å²) in [5, 5.41) is 18.3. The van der Waals surface area contributed by atoms with E-state index in [1.54, 1.807) is 0 Å². The van der Waals surface area contributed by atoms with Crippen LogP contribution in [0.1, 0.15) is 16.7 Å². The molecule has 1 aliphatic heterocycles. The fourth-order valence-corrected chi connectivity index (χ4v) is 3.00. The van der Waals surface area contributed by atoms with E-state index < -0.39 is 0 Å². The van der Waals surface area contributed by atoms with Crippen molar-refractivity contribution in [3.05, 3.63) is 65.2 Å². The molecule has 1 saturated heterocycles. The quantitative estimate of drug-likeness (QED) is 0.942. The number of hydrogen-bond acceptors (Lipinski definition) is 4. The minimum Gasteiger partial charge on any atom is -0.392 e. The molecule has 4 heteroatoms. The first kappa shape index (κ1) is 15.5. The molecular weight excluding hydrogens is 286 g/mol. The van der Waals surface area contributed by atoms with Crippen LogP contribution in [0, 0.1) is 11.3 Å². The Morgan fingerprint density at radius 2 is 1.57 bits per heavy atom. The van der Waals surface area contributed by atoms with Gasteiger partial charge in [-0.3, -0.25) is 4.90 Å². The summed E-state index contributed by atoms with van der Waals surface area (Å²) in [4.78, 5) is 4.73. The first-order valence-corrected chi connectivity index (χ1v) is 7.95. The lowest BCUT2D eigenvalue weighted by atomic mass is 10.1. The van der Waals surface area contributed by atoms with Crippen molar-refractivity contribution >= 4 is 5.69 Å². The van der Waals surface area contributed by atoms with Crippen molar-refractivity contribution in [1.29, 1.82) is 5.26 Å². The van der Waals surface area contributed by atoms with Crippen molar-refractivity contribution in [3.8, 4) is 6.07 Å². The standard InChI is InChI=1S/C19H21N3O/c20-13-18-3-1-2-4-19(18)22-11-9-21(10-12-22)14-16-5-7-17(15-23)8-6-16/h1-8,23H,9-12,14-15H2. The highest BCUT2D eigenvalue weighted by Crippen LogP contribution is 2.21. The van der Waals surface area contributed by atoms with Gasteiger partial charge in [-0.25, -0.2) is 0 Å². The van der Waals surface area contributed by atoms with Crippen molar-refractivity contribution in [3.63, 3.8) is 0 Å². The Bertz CT molecular complexity index is 683. The summed E-state index contributed by atoms with van der Waals surface area (Å²) >= 11 is 0. The van der Waals surface area contributed by atoms with Crippen molar-refractivity contribution in [2.75, 3.05) is 31.1 Å². The lowest BCUT2D eigenvalue weighted by molar-refractivity contribution is 0.249. The van der Waals surface area contributed by atoms with Gasteiger partial charge in [-0.1, -0.05) is 36.4 Å². The molecule has 0 aromatic heterocycles. The molecule has 0 spiro atoms. The van der Waals surface area contributed by atoms with Gasteiger partial charge in [0.2, 0.25) is 0 Å². The summed E-state index contributed by atoms with van der Waals surface area (Å²) in [6, 6.07) is 18.2. The van der Waals surface area contributed by atoms with Gasteiger partial charge < -0.3 is 10.0 Å². The van der Waals surface area contributed by atoms with Crippen molar-refractivity contribution in [2.24, 2.45) is 0 Å². The zero-order valence-electron chi connectivity index (χ0n) is 13.2. The highest BCUT2D eigenvalue weighted by molar-refractivity contribution is 5.59. The molecule has 118 valence electrons. The Morgan fingerprint density at radius 1 is 0.913 bits per heavy atom. The molecule has 1 aliphatic rings. The molecule has 0 aliphatic carbocycles. The third-order valence-electron chi connectivity index (χ3n) is 4.35. The second-order valence-electron chi connectivity index (χ2n) is 5.87. The highest BCUT2D eigenvalue weighted by Gasteiger charge is 2.19. The normalized spacial score (nSPS) is 15.4. The van der Waals surface area contributed by atoms with E-state index in [1.165, 1.54) is 5.56 Å². The van der Waals surface area contributed by atoms with E-state index in [1.807, 2.05) is 36.4 Å². The molecule has 0 radical (unpaired) electrons.